The molecule has 1 amide bonds. The van der Waals surface area contributed by atoms with Crippen molar-refractivity contribution < 1.29 is 23.1 Å². The first-order valence-corrected chi connectivity index (χ1v) is 7.59. The summed E-state index contributed by atoms with van der Waals surface area (Å²) in [6.07, 6.45) is -2.06. The molecule has 0 aromatic heterocycles. The molecule has 7 heteroatoms. The summed E-state index contributed by atoms with van der Waals surface area (Å²) in [5.41, 5.74) is -0.670. The Bertz CT molecular complexity index is 548. The van der Waals surface area contributed by atoms with Crippen molar-refractivity contribution in [3.05, 3.63) is 29.8 Å². The summed E-state index contributed by atoms with van der Waals surface area (Å²) in [6, 6.07) is 4.56. The number of nitrogens with zero attached hydrogens (tertiary/aromatic N) is 1. The quantitative estimate of drug-likeness (QED) is 0.873. The Morgan fingerprint density at radius 2 is 2.13 bits per heavy atom. The molecule has 2 rings (SSSR count). The SMILES string of the molecule is CN(CC(=O)Nc1cccc(C(F)(F)F)c1)CC1CCCC1O. The molecule has 2 atom stereocenters. The van der Waals surface area contributed by atoms with Crippen molar-refractivity contribution in [3.8, 4) is 0 Å². The number of likely N-dealkylation sites (N-methyl/N-ethyl adjacent to an activating group) is 1. The van der Waals surface area contributed by atoms with Crippen molar-refractivity contribution in [2.75, 3.05) is 25.5 Å². The maximum atomic E-state index is 12.6. The molecule has 0 aliphatic heterocycles. The molecule has 1 saturated carbocycles. The van der Waals surface area contributed by atoms with E-state index in [0.29, 0.717) is 6.54 Å². The minimum absolute atomic E-state index is 0.0689. The second-order valence-electron chi connectivity index (χ2n) is 6.08. The standard InChI is InChI=1S/C16H21F3N2O2/c1-21(9-11-4-2-7-14(11)22)10-15(23)20-13-6-3-5-12(8-13)16(17,18)19/h3,5-6,8,11,14,22H,2,4,7,9-10H2,1H3,(H,20,23). The highest BCUT2D eigenvalue weighted by Crippen LogP contribution is 2.30. The predicted molar refractivity (Wildman–Crippen MR) is 80.9 cm³/mol. The molecule has 0 heterocycles. The maximum absolute atomic E-state index is 12.6. The number of aliphatic hydroxyl groups excluding tert-OH is 1. The van der Waals surface area contributed by atoms with Gasteiger partial charge in [0, 0.05) is 12.2 Å². The smallest absolute Gasteiger partial charge is 0.393 e. The third-order valence-electron chi connectivity index (χ3n) is 4.05. The molecule has 23 heavy (non-hydrogen) atoms. The van der Waals surface area contributed by atoms with Gasteiger partial charge in [0.05, 0.1) is 18.2 Å². The van der Waals surface area contributed by atoms with Gasteiger partial charge >= 0.3 is 6.18 Å². The summed E-state index contributed by atoms with van der Waals surface area (Å²) in [4.78, 5) is 13.7. The van der Waals surface area contributed by atoms with E-state index in [2.05, 4.69) is 5.32 Å². The maximum Gasteiger partial charge on any atom is 0.416 e. The summed E-state index contributed by atoms with van der Waals surface area (Å²) in [5.74, 6) is -0.222. The van der Waals surface area contributed by atoms with Crippen molar-refractivity contribution >= 4 is 11.6 Å². The molecule has 1 aliphatic carbocycles. The lowest BCUT2D eigenvalue weighted by atomic mass is 10.1. The topological polar surface area (TPSA) is 52.6 Å². The summed E-state index contributed by atoms with van der Waals surface area (Å²) in [6.45, 7) is 0.663. The largest absolute Gasteiger partial charge is 0.416 e. The van der Waals surface area contributed by atoms with E-state index in [-0.39, 0.29) is 30.2 Å². The van der Waals surface area contributed by atoms with E-state index in [1.165, 1.54) is 12.1 Å². The van der Waals surface area contributed by atoms with Crippen LogP contribution in [0.4, 0.5) is 18.9 Å². The van der Waals surface area contributed by atoms with Gasteiger partial charge in [0.1, 0.15) is 0 Å². The lowest BCUT2D eigenvalue weighted by Crippen LogP contribution is -2.35. The third kappa shape index (κ3) is 5.21. The van der Waals surface area contributed by atoms with Crippen LogP contribution >= 0.6 is 0 Å². The van der Waals surface area contributed by atoms with Gasteiger partial charge in [-0.2, -0.15) is 13.2 Å². The van der Waals surface area contributed by atoms with Crippen LogP contribution in [0.1, 0.15) is 24.8 Å². The van der Waals surface area contributed by atoms with Gasteiger partial charge in [0.15, 0.2) is 0 Å². The molecule has 1 aromatic rings. The van der Waals surface area contributed by atoms with Crippen molar-refractivity contribution in [2.45, 2.75) is 31.5 Å². The number of alkyl halides is 3. The second-order valence-corrected chi connectivity index (χ2v) is 6.08. The van der Waals surface area contributed by atoms with Crippen LogP contribution < -0.4 is 5.32 Å². The summed E-state index contributed by atoms with van der Waals surface area (Å²) >= 11 is 0. The average Bonchev–Trinajstić information content (AvgIpc) is 2.83. The Balaban J connectivity index is 1.87. The fourth-order valence-corrected chi connectivity index (χ4v) is 2.91. The Kier molecular flexibility index (Phi) is 5.64. The Hall–Kier alpha value is -1.60. The molecule has 0 saturated heterocycles. The first-order chi connectivity index (χ1) is 10.8. The zero-order valence-electron chi connectivity index (χ0n) is 12.9. The van der Waals surface area contributed by atoms with E-state index in [0.717, 1.165) is 31.4 Å². The highest BCUT2D eigenvalue weighted by atomic mass is 19.4. The van der Waals surface area contributed by atoms with E-state index in [1.54, 1.807) is 11.9 Å². The van der Waals surface area contributed by atoms with Crippen LogP contribution in [0.25, 0.3) is 0 Å². The van der Waals surface area contributed by atoms with Crippen LogP contribution in [0, 0.1) is 5.92 Å². The van der Waals surface area contributed by atoms with Crippen molar-refractivity contribution in [3.63, 3.8) is 0 Å². The molecule has 1 aromatic carbocycles. The minimum Gasteiger partial charge on any atom is -0.393 e. The van der Waals surface area contributed by atoms with Gasteiger partial charge in [-0.3, -0.25) is 9.69 Å². The monoisotopic (exact) mass is 330 g/mol. The highest BCUT2D eigenvalue weighted by molar-refractivity contribution is 5.92. The average molecular weight is 330 g/mol. The van der Waals surface area contributed by atoms with Crippen LogP contribution in [0.15, 0.2) is 24.3 Å². The number of anilines is 1. The Morgan fingerprint density at radius 3 is 2.74 bits per heavy atom. The lowest BCUT2D eigenvalue weighted by Gasteiger charge is -2.22. The van der Waals surface area contributed by atoms with Crippen LogP contribution in [0.2, 0.25) is 0 Å². The molecule has 0 bridgehead atoms. The normalized spacial score (nSPS) is 21.7. The van der Waals surface area contributed by atoms with E-state index >= 15 is 0 Å². The van der Waals surface area contributed by atoms with E-state index < -0.39 is 11.7 Å². The number of hydrogen-bond donors (Lipinski definition) is 2. The zero-order chi connectivity index (χ0) is 17.0. The fraction of sp³-hybridized carbons (Fsp3) is 0.562. The van der Waals surface area contributed by atoms with Gasteiger partial charge in [-0.15, -0.1) is 0 Å². The number of halogens is 3. The molecular formula is C16H21F3N2O2. The van der Waals surface area contributed by atoms with Gasteiger partial charge in [0.25, 0.3) is 0 Å². The number of benzene rings is 1. The van der Waals surface area contributed by atoms with Crippen LogP contribution in [-0.4, -0.2) is 42.2 Å². The zero-order valence-corrected chi connectivity index (χ0v) is 12.9. The van der Waals surface area contributed by atoms with Crippen LogP contribution in [0.5, 0.6) is 0 Å². The van der Waals surface area contributed by atoms with Crippen LogP contribution in [0.3, 0.4) is 0 Å². The Labute approximate surface area is 133 Å². The lowest BCUT2D eigenvalue weighted by molar-refractivity contribution is -0.137. The van der Waals surface area contributed by atoms with Crippen LogP contribution in [-0.2, 0) is 11.0 Å². The van der Waals surface area contributed by atoms with Gasteiger partial charge in [-0.25, -0.2) is 0 Å². The molecule has 128 valence electrons. The van der Waals surface area contributed by atoms with Gasteiger partial charge < -0.3 is 10.4 Å². The second kappa shape index (κ2) is 7.31. The molecule has 0 radical (unpaired) electrons. The predicted octanol–water partition coefficient (Wildman–Crippen LogP) is 2.74. The van der Waals surface area contributed by atoms with Crippen molar-refractivity contribution in [1.82, 2.24) is 4.90 Å². The molecule has 2 unspecified atom stereocenters. The summed E-state index contributed by atoms with van der Waals surface area (Å²) in [7, 11) is 1.76. The minimum atomic E-state index is -4.43. The van der Waals surface area contributed by atoms with E-state index in [1.807, 2.05) is 0 Å². The molecule has 4 nitrogen and oxygen atoms in total. The Morgan fingerprint density at radius 1 is 1.39 bits per heavy atom. The number of rotatable bonds is 5. The van der Waals surface area contributed by atoms with Gasteiger partial charge in [0.2, 0.25) is 5.91 Å². The highest BCUT2D eigenvalue weighted by Gasteiger charge is 2.30. The van der Waals surface area contributed by atoms with Gasteiger partial charge in [-0.1, -0.05) is 12.5 Å². The number of carbonyl (C=O) groups is 1. The molecule has 0 spiro atoms. The first kappa shape index (κ1) is 17.7. The molecular weight excluding hydrogens is 309 g/mol. The number of aliphatic hydroxyl groups is 1. The molecule has 2 N–H and O–H groups in total. The third-order valence-corrected chi connectivity index (χ3v) is 4.05. The number of nitrogens with one attached hydrogen (secondary N) is 1. The van der Waals surface area contributed by atoms with E-state index in [9.17, 15) is 23.1 Å². The van der Waals surface area contributed by atoms with E-state index in [4.69, 9.17) is 0 Å². The number of carbonyl (C=O) groups excluding carboxylic acids is 1. The summed E-state index contributed by atoms with van der Waals surface area (Å²) in [5, 5.41) is 12.3. The number of amides is 1. The first-order valence-electron chi connectivity index (χ1n) is 7.59. The molecule has 1 fully saturated rings. The van der Waals surface area contributed by atoms with Crippen molar-refractivity contribution in [1.29, 1.82) is 0 Å². The summed E-state index contributed by atoms with van der Waals surface area (Å²) < 4.78 is 37.9. The van der Waals surface area contributed by atoms with Gasteiger partial charge in [-0.05, 0) is 44.0 Å². The number of hydrogen-bond acceptors (Lipinski definition) is 3. The molecule has 1 aliphatic rings. The van der Waals surface area contributed by atoms with Crippen molar-refractivity contribution in [2.24, 2.45) is 5.92 Å². The fourth-order valence-electron chi connectivity index (χ4n) is 2.91.